The first-order valence-corrected chi connectivity index (χ1v) is 9.43. The van der Waals surface area contributed by atoms with E-state index >= 15 is 0 Å². The van der Waals surface area contributed by atoms with Gasteiger partial charge in [0.05, 0.1) is 23.5 Å². The van der Waals surface area contributed by atoms with Crippen molar-refractivity contribution in [2.75, 3.05) is 0 Å². The smallest absolute Gasteiger partial charge is 0.252 e. The van der Waals surface area contributed by atoms with Crippen LogP contribution < -0.4 is 10.9 Å². The first-order valence-electron chi connectivity index (χ1n) is 9.43. The van der Waals surface area contributed by atoms with Crippen LogP contribution in [0.15, 0.2) is 29.3 Å². The van der Waals surface area contributed by atoms with Gasteiger partial charge in [-0.2, -0.15) is 5.26 Å². The van der Waals surface area contributed by atoms with Crippen LogP contribution in [-0.2, 0) is 11.2 Å². The zero-order chi connectivity index (χ0) is 21.4. The van der Waals surface area contributed by atoms with E-state index in [1.165, 1.54) is 18.5 Å². The SMILES string of the molecule is C[C@H](NC(=O)Cc1c(C2CC2)c2c(F)c(F)ccc2[nH]c1=O)c1ncc(C#N)cn1. The lowest BCUT2D eigenvalue weighted by molar-refractivity contribution is -0.121. The van der Waals surface area contributed by atoms with Crippen LogP contribution in [0, 0.1) is 23.0 Å². The number of carbonyl (C=O) groups is 1. The number of rotatable bonds is 5. The summed E-state index contributed by atoms with van der Waals surface area (Å²) in [6.07, 6.45) is 3.91. The third-order valence-corrected chi connectivity index (χ3v) is 5.10. The average molecular weight is 409 g/mol. The van der Waals surface area contributed by atoms with Crippen molar-refractivity contribution in [1.29, 1.82) is 5.26 Å². The lowest BCUT2D eigenvalue weighted by Gasteiger charge is -2.15. The Balaban J connectivity index is 1.64. The standard InChI is InChI=1S/C21H17F2N5O2/c1-10(20-25-8-11(7-24)9-26-20)27-16(29)6-13-17(12-2-3-12)18-15(28-21(13)30)5-4-14(22)19(18)23/h4-5,8-10,12H,2-3,6H2,1H3,(H,27,29)(H,28,30)/t10-/m0/s1. The molecule has 152 valence electrons. The van der Waals surface area contributed by atoms with Gasteiger partial charge in [-0.1, -0.05) is 0 Å². The summed E-state index contributed by atoms with van der Waals surface area (Å²) < 4.78 is 28.4. The third-order valence-electron chi connectivity index (χ3n) is 5.10. The number of pyridine rings is 1. The van der Waals surface area contributed by atoms with Crippen molar-refractivity contribution in [3.63, 3.8) is 0 Å². The number of hydrogen-bond donors (Lipinski definition) is 2. The molecule has 2 N–H and O–H groups in total. The molecule has 0 saturated heterocycles. The minimum Gasteiger partial charge on any atom is -0.346 e. The molecule has 2 aromatic heterocycles. The topological polar surface area (TPSA) is 112 Å². The van der Waals surface area contributed by atoms with Crippen LogP contribution in [0.5, 0.6) is 0 Å². The first kappa shape index (κ1) is 19.6. The summed E-state index contributed by atoms with van der Waals surface area (Å²) in [5, 5.41) is 11.5. The van der Waals surface area contributed by atoms with Crippen LogP contribution in [0.25, 0.3) is 10.9 Å². The van der Waals surface area contributed by atoms with Crippen LogP contribution >= 0.6 is 0 Å². The molecule has 0 radical (unpaired) electrons. The van der Waals surface area contributed by atoms with Gasteiger partial charge in [-0.05, 0) is 43.4 Å². The molecule has 0 aliphatic heterocycles. The number of nitrogens with one attached hydrogen (secondary N) is 2. The number of aromatic amines is 1. The van der Waals surface area contributed by atoms with Crippen LogP contribution in [0.3, 0.4) is 0 Å². The number of hydrogen-bond acceptors (Lipinski definition) is 5. The Morgan fingerprint density at radius 3 is 2.67 bits per heavy atom. The van der Waals surface area contributed by atoms with Crippen molar-refractivity contribution in [2.24, 2.45) is 0 Å². The number of aromatic nitrogens is 3. The number of nitriles is 1. The minimum atomic E-state index is -1.02. The Bertz CT molecular complexity index is 1240. The van der Waals surface area contributed by atoms with Gasteiger partial charge in [-0.3, -0.25) is 9.59 Å². The molecule has 0 spiro atoms. The summed E-state index contributed by atoms with van der Waals surface area (Å²) in [7, 11) is 0. The summed E-state index contributed by atoms with van der Waals surface area (Å²) in [4.78, 5) is 35.9. The second-order valence-corrected chi connectivity index (χ2v) is 7.31. The Morgan fingerprint density at radius 1 is 1.33 bits per heavy atom. The summed E-state index contributed by atoms with van der Waals surface area (Å²) in [6, 6.07) is 3.64. The normalized spacial score (nSPS) is 14.3. The number of amides is 1. The molecule has 9 heteroatoms. The molecule has 3 aromatic rings. The van der Waals surface area contributed by atoms with Gasteiger partial charge in [0.25, 0.3) is 5.56 Å². The van der Waals surface area contributed by atoms with E-state index in [0.29, 0.717) is 17.0 Å². The lowest BCUT2D eigenvalue weighted by Crippen LogP contribution is -2.31. The number of fused-ring (bicyclic) bond motifs is 1. The second kappa shape index (κ2) is 7.63. The fraction of sp³-hybridized carbons (Fsp3) is 0.286. The van der Waals surface area contributed by atoms with E-state index in [-0.39, 0.29) is 28.8 Å². The predicted molar refractivity (Wildman–Crippen MR) is 103 cm³/mol. The van der Waals surface area contributed by atoms with E-state index in [0.717, 1.165) is 18.9 Å². The van der Waals surface area contributed by atoms with Gasteiger partial charge in [0.2, 0.25) is 5.91 Å². The molecular weight excluding hydrogens is 392 g/mol. The number of nitrogens with zero attached hydrogens (tertiary/aromatic N) is 3. The van der Waals surface area contributed by atoms with Gasteiger partial charge in [0.1, 0.15) is 11.9 Å². The van der Waals surface area contributed by atoms with E-state index in [1.807, 2.05) is 6.07 Å². The van der Waals surface area contributed by atoms with E-state index in [4.69, 9.17) is 5.26 Å². The molecule has 1 saturated carbocycles. The van der Waals surface area contributed by atoms with Crippen LogP contribution in [0.1, 0.15) is 54.2 Å². The highest BCUT2D eigenvalue weighted by Crippen LogP contribution is 2.44. The largest absolute Gasteiger partial charge is 0.346 e. The monoisotopic (exact) mass is 409 g/mol. The molecular formula is C21H17F2N5O2. The molecule has 1 aliphatic carbocycles. The summed E-state index contributed by atoms with van der Waals surface area (Å²) in [5.41, 5.74) is 0.559. The molecule has 1 fully saturated rings. The van der Waals surface area contributed by atoms with Crippen molar-refractivity contribution in [3.8, 4) is 6.07 Å². The predicted octanol–water partition coefficient (Wildman–Crippen LogP) is 2.77. The average Bonchev–Trinajstić information content (AvgIpc) is 3.57. The maximum Gasteiger partial charge on any atom is 0.252 e. The van der Waals surface area contributed by atoms with Gasteiger partial charge in [-0.15, -0.1) is 0 Å². The fourth-order valence-electron chi connectivity index (χ4n) is 3.52. The van der Waals surface area contributed by atoms with Crippen LogP contribution in [0.2, 0.25) is 0 Å². The number of H-pyrrole nitrogens is 1. The Kier molecular flexibility index (Phi) is 4.99. The lowest BCUT2D eigenvalue weighted by atomic mass is 9.96. The molecule has 30 heavy (non-hydrogen) atoms. The minimum absolute atomic E-state index is 0.0309. The highest BCUT2D eigenvalue weighted by Gasteiger charge is 2.32. The van der Waals surface area contributed by atoms with Crippen molar-refractivity contribution >= 4 is 16.8 Å². The van der Waals surface area contributed by atoms with Crippen molar-refractivity contribution < 1.29 is 13.6 Å². The molecule has 1 atom stereocenters. The van der Waals surface area contributed by atoms with Gasteiger partial charge >= 0.3 is 0 Å². The maximum atomic E-state index is 14.6. The van der Waals surface area contributed by atoms with E-state index in [2.05, 4.69) is 20.3 Å². The third kappa shape index (κ3) is 3.64. The summed E-state index contributed by atoms with van der Waals surface area (Å²) in [5.74, 6) is -2.26. The molecule has 1 aliphatic rings. The molecule has 4 rings (SSSR count). The van der Waals surface area contributed by atoms with Gasteiger partial charge in [0.15, 0.2) is 11.6 Å². The fourth-order valence-corrected chi connectivity index (χ4v) is 3.52. The number of carbonyl (C=O) groups excluding carboxylic acids is 1. The molecule has 1 aromatic carbocycles. The summed E-state index contributed by atoms with van der Waals surface area (Å²) >= 11 is 0. The quantitative estimate of drug-likeness (QED) is 0.673. The highest BCUT2D eigenvalue weighted by molar-refractivity contribution is 5.87. The molecule has 2 heterocycles. The molecule has 0 unspecified atom stereocenters. The molecule has 1 amide bonds. The second-order valence-electron chi connectivity index (χ2n) is 7.31. The van der Waals surface area contributed by atoms with Gasteiger partial charge in [0, 0.05) is 23.3 Å². The first-order chi connectivity index (χ1) is 14.4. The zero-order valence-corrected chi connectivity index (χ0v) is 16.0. The Hall–Kier alpha value is -3.67. The molecule has 7 nitrogen and oxygen atoms in total. The van der Waals surface area contributed by atoms with Crippen LogP contribution in [0.4, 0.5) is 8.78 Å². The molecule has 0 bridgehead atoms. The maximum absolute atomic E-state index is 14.6. The Labute approximate surface area is 169 Å². The van der Waals surface area contributed by atoms with E-state index in [9.17, 15) is 18.4 Å². The number of halogens is 2. The van der Waals surface area contributed by atoms with E-state index in [1.54, 1.807) is 6.92 Å². The van der Waals surface area contributed by atoms with Gasteiger partial charge < -0.3 is 10.3 Å². The zero-order valence-electron chi connectivity index (χ0n) is 16.0. The van der Waals surface area contributed by atoms with Gasteiger partial charge in [-0.25, -0.2) is 18.7 Å². The van der Waals surface area contributed by atoms with Crippen molar-refractivity contribution in [2.45, 2.75) is 38.1 Å². The van der Waals surface area contributed by atoms with Crippen molar-refractivity contribution in [1.82, 2.24) is 20.3 Å². The van der Waals surface area contributed by atoms with E-state index < -0.39 is 29.1 Å². The number of benzene rings is 1. The highest BCUT2D eigenvalue weighted by atomic mass is 19.2. The van der Waals surface area contributed by atoms with Crippen LogP contribution in [-0.4, -0.2) is 20.9 Å². The van der Waals surface area contributed by atoms with Crippen molar-refractivity contribution in [3.05, 3.63) is 69.0 Å². The summed E-state index contributed by atoms with van der Waals surface area (Å²) in [6.45, 7) is 1.67. The Morgan fingerprint density at radius 2 is 2.03 bits per heavy atom.